The smallest absolute Gasteiger partial charge is 0.255 e. The third-order valence-electron chi connectivity index (χ3n) is 5.03. The van der Waals surface area contributed by atoms with Crippen LogP contribution in [-0.4, -0.2) is 22.4 Å². The highest BCUT2D eigenvalue weighted by Gasteiger charge is 2.24. The number of carbonyl (C=O) groups is 1. The van der Waals surface area contributed by atoms with Crippen molar-refractivity contribution in [1.29, 1.82) is 0 Å². The third kappa shape index (κ3) is 3.65. The van der Waals surface area contributed by atoms with Gasteiger partial charge in [0.25, 0.3) is 5.91 Å². The summed E-state index contributed by atoms with van der Waals surface area (Å²) < 4.78 is 34.1. The Morgan fingerprint density at radius 2 is 1.93 bits per heavy atom. The van der Waals surface area contributed by atoms with Gasteiger partial charge in [-0.15, -0.1) is 0 Å². The Balaban J connectivity index is 1.85. The monoisotopic (exact) mass is 372 g/mol. The fourth-order valence-electron chi connectivity index (χ4n) is 3.18. The molecule has 0 N–H and O–H groups in total. The van der Waals surface area contributed by atoms with Crippen molar-refractivity contribution in [2.75, 3.05) is 7.05 Å². The zero-order valence-electron chi connectivity index (χ0n) is 15.8. The number of hydrogen-bond acceptors (Lipinski definition) is 2. The number of halogens is 2. The van der Waals surface area contributed by atoms with Crippen LogP contribution in [0.15, 0.2) is 47.1 Å². The number of carbonyl (C=O) groups excluding carboxylic acids is 1. The zero-order valence-corrected chi connectivity index (χ0v) is 15.8. The first-order valence-electron chi connectivity index (χ1n) is 8.70. The van der Waals surface area contributed by atoms with E-state index in [1.807, 2.05) is 36.6 Å². The molecule has 1 amide bonds. The predicted molar refractivity (Wildman–Crippen MR) is 98.6 cm³/mol. The topological polar surface area (TPSA) is 38.4 Å². The van der Waals surface area contributed by atoms with Gasteiger partial charge < -0.3 is 13.9 Å². The second kappa shape index (κ2) is 7.39. The number of furan rings is 1. The Hall–Kier alpha value is -2.89. The first kappa shape index (κ1) is 18.9. The van der Waals surface area contributed by atoms with Gasteiger partial charge in [0.2, 0.25) is 0 Å². The molecule has 27 heavy (non-hydrogen) atoms. The summed E-state index contributed by atoms with van der Waals surface area (Å²) in [4.78, 5) is 14.6. The summed E-state index contributed by atoms with van der Waals surface area (Å²) in [6, 6.07) is 8.85. The minimum Gasteiger partial charge on any atom is -0.467 e. The van der Waals surface area contributed by atoms with E-state index in [1.165, 1.54) is 11.0 Å². The lowest BCUT2D eigenvalue weighted by Crippen LogP contribution is -2.30. The number of nitrogens with zero attached hydrogens (tertiary/aromatic N) is 2. The van der Waals surface area contributed by atoms with Gasteiger partial charge >= 0.3 is 0 Å². The van der Waals surface area contributed by atoms with Gasteiger partial charge in [-0.25, -0.2) is 8.78 Å². The van der Waals surface area contributed by atoms with Crippen LogP contribution in [0.1, 0.15) is 46.0 Å². The number of amides is 1. The zero-order chi connectivity index (χ0) is 19.7. The van der Waals surface area contributed by atoms with Gasteiger partial charge in [0.15, 0.2) is 11.6 Å². The molecule has 0 aliphatic heterocycles. The van der Waals surface area contributed by atoms with Gasteiger partial charge in [0, 0.05) is 18.4 Å². The SMILES string of the molecule is Cc1cc(C(=O)N(C)C(C)c2ccc(F)c(F)c2)c(C)n1Cc1ccco1. The molecule has 0 radical (unpaired) electrons. The molecule has 1 unspecified atom stereocenters. The predicted octanol–water partition coefficient (Wildman–Crippen LogP) is 4.86. The summed E-state index contributed by atoms with van der Waals surface area (Å²) in [5.74, 6) is -1.19. The summed E-state index contributed by atoms with van der Waals surface area (Å²) in [7, 11) is 1.66. The molecule has 0 bridgehead atoms. The number of benzene rings is 1. The van der Waals surface area contributed by atoms with Gasteiger partial charge in [-0.2, -0.15) is 0 Å². The van der Waals surface area contributed by atoms with E-state index < -0.39 is 17.7 Å². The summed E-state index contributed by atoms with van der Waals surface area (Å²) in [6.07, 6.45) is 1.62. The van der Waals surface area contributed by atoms with Crippen LogP contribution in [0.4, 0.5) is 8.78 Å². The molecule has 3 rings (SSSR count). The molecule has 142 valence electrons. The second-order valence-electron chi connectivity index (χ2n) is 6.72. The van der Waals surface area contributed by atoms with E-state index in [4.69, 9.17) is 4.42 Å². The summed E-state index contributed by atoms with van der Waals surface area (Å²) in [5.41, 5.74) is 2.89. The maximum Gasteiger partial charge on any atom is 0.255 e. The lowest BCUT2D eigenvalue weighted by Gasteiger charge is -2.25. The van der Waals surface area contributed by atoms with E-state index in [1.54, 1.807) is 20.2 Å². The van der Waals surface area contributed by atoms with Crippen LogP contribution in [-0.2, 0) is 6.54 Å². The standard InChI is InChI=1S/C21H22F2N2O2/c1-13-10-18(15(3)25(13)12-17-6-5-9-27-17)21(26)24(4)14(2)16-7-8-19(22)20(23)11-16/h5-11,14H,12H2,1-4H3. The average Bonchev–Trinajstić information content (AvgIpc) is 3.26. The highest BCUT2D eigenvalue weighted by Crippen LogP contribution is 2.25. The molecule has 3 aromatic rings. The van der Waals surface area contributed by atoms with Gasteiger partial charge in [0.05, 0.1) is 24.4 Å². The maximum absolute atomic E-state index is 13.5. The summed E-state index contributed by atoms with van der Waals surface area (Å²) >= 11 is 0. The fraction of sp³-hybridized carbons (Fsp3) is 0.286. The highest BCUT2D eigenvalue weighted by molar-refractivity contribution is 5.95. The van der Waals surface area contributed by atoms with Crippen LogP contribution in [0.5, 0.6) is 0 Å². The highest BCUT2D eigenvalue weighted by atomic mass is 19.2. The fourth-order valence-corrected chi connectivity index (χ4v) is 3.18. The van der Waals surface area contributed by atoms with Crippen LogP contribution in [0.25, 0.3) is 0 Å². The number of aromatic nitrogens is 1. The van der Waals surface area contributed by atoms with Crippen LogP contribution < -0.4 is 0 Å². The normalized spacial score (nSPS) is 12.2. The molecule has 0 fully saturated rings. The Kier molecular flexibility index (Phi) is 5.17. The Bertz CT molecular complexity index is 961. The molecule has 0 spiro atoms. The van der Waals surface area contributed by atoms with Gasteiger partial charge in [-0.05, 0) is 56.7 Å². The van der Waals surface area contributed by atoms with Gasteiger partial charge in [-0.3, -0.25) is 4.79 Å². The van der Waals surface area contributed by atoms with Crippen molar-refractivity contribution in [1.82, 2.24) is 9.47 Å². The Morgan fingerprint density at radius 3 is 2.56 bits per heavy atom. The number of aryl methyl sites for hydroxylation is 1. The van der Waals surface area contributed by atoms with Crippen molar-refractivity contribution < 1.29 is 18.0 Å². The third-order valence-corrected chi connectivity index (χ3v) is 5.03. The van der Waals surface area contributed by atoms with Crippen molar-refractivity contribution in [2.24, 2.45) is 0 Å². The molecule has 0 saturated heterocycles. The van der Waals surface area contributed by atoms with Crippen molar-refractivity contribution >= 4 is 5.91 Å². The van der Waals surface area contributed by atoms with Crippen LogP contribution in [0.3, 0.4) is 0 Å². The van der Waals surface area contributed by atoms with E-state index in [2.05, 4.69) is 0 Å². The van der Waals surface area contributed by atoms with E-state index in [0.29, 0.717) is 17.7 Å². The molecular weight excluding hydrogens is 350 g/mol. The first-order chi connectivity index (χ1) is 12.8. The van der Waals surface area contributed by atoms with Gasteiger partial charge in [-0.1, -0.05) is 6.07 Å². The van der Waals surface area contributed by atoms with E-state index in [9.17, 15) is 13.6 Å². The lowest BCUT2D eigenvalue weighted by atomic mass is 10.1. The molecule has 0 aliphatic rings. The molecule has 0 aliphatic carbocycles. The maximum atomic E-state index is 13.5. The molecule has 2 aromatic heterocycles. The van der Waals surface area contributed by atoms with Crippen LogP contribution >= 0.6 is 0 Å². The van der Waals surface area contributed by atoms with Crippen molar-refractivity contribution in [3.05, 3.63) is 82.6 Å². The number of rotatable bonds is 5. The van der Waals surface area contributed by atoms with Crippen LogP contribution in [0, 0.1) is 25.5 Å². The lowest BCUT2D eigenvalue weighted by molar-refractivity contribution is 0.0741. The molecule has 1 atom stereocenters. The van der Waals surface area contributed by atoms with E-state index in [0.717, 1.165) is 29.3 Å². The molecule has 0 saturated carbocycles. The molecule has 6 heteroatoms. The quantitative estimate of drug-likeness (QED) is 0.642. The summed E-state index contributed by atoms with van der Waals surface area (Å²) in [5, 5.41) is 0. The first-order valence-corrected chi connectivity index (χ1v) is 8.70. The second-order valence-corrected chi connectivity index (χ2v) is 6.72. The average molecular weight is 372 g/mol. The Labute approximate surface area is 157 Å². The summed E-state index contributed by atoms with van der Waals surface area (Å²) in [6.45, 7) is 6.15. The Morgan fingerprint density at radius 1 is 1.19 bits per heavy atom. The molecule has 1 aromatic carbocycles. The van der Waals surface area contributed by atoms with E-state index >= 15 is 0 Å². The van der Waals surface area contributed by atoms with Gasteiger partial charge in [0.1, 0.15) is 5.76 Å². The van der Waals surface area contributed by atoms with Crippen molar-refractivity contribution in [3.63, 3.8) is 0 Å². The molecular formula is C21H22F2N2O2. The van der Waals surface area contributed by atoms with Crippen LogP contribution in [0.2, 0.25) is 0 Å². The minimum absolute atomic E-state index is 0.175. The van der Waals surface area contributed by atoms with Crippen molar-refractivity contribution in [3.8, 4) is 0 Å². The van der Waals surface area contributed by atoms with E-state index in [-0.39, 0.29) is 5.91 Å². The molecule has 4 nitrogen and oxygen atoms in total. The largest absolute Gasteiger partial charge is 0.467 e. The van der Waals surface area contributed by atoms with Crippen molar-refractivity contribution in [2.45, 2.75) is 33.4 Å². The minimum atomic E-state index is -0.920. The molecule has 2 heterocycles. The number of hydrogen-bond donors (Lipinski definition) is 0.